The van der Waals surface area contributed by atoms with E-state index >= 15 is 0 Å². The van der Waals surface area contributed by atoms with Gasteiger partial charge in [-0.1, -0.05) is 30.4 Å². The van der Waals surface area contributed by atoms with Gasteiger partial charge in [-0.2, -0.15) is 0 Å². The number of amides is 1. The largest absolute Gasteiger partial charge is 0.287 e. The summed E-state index contributed by atoms with van der Waals surface area (Å²) < 4.78 is 0. The first-order valence-corrected chi connectivity index (χ1v) is 5.12. The fraction of sp³-hybridized carbons (Fsp3) is 0.154. The van der Waals surface area contributed by atoms with Crippen molar-refractivity contribution in [2.75, 3.05) is 0 Å². The molecule has 0 aromatic heterocycles. The van der Waals surface area contributed by atoms with E-state index in [1.807, 2.05) is 18.2 Å². The van der Waals surface area contributed by atoms with Crippen molar-refractivity contribution in [1.82, 2.24) is 10.9 Å². The van der Waals surface area contributed by atoms with Gasteiger partial charge in [0.1, 0.15) is 0 Å². The minimum absolute atomic E-state index is 0.00478. The minimum Gasteiger partial charge on any atom is -0.287 e. The average Bonchev–Trinajstić information content (AvgIpc) is 2.35. The van der Waals surface area contributed by atoms with Crippen molar-refractivity contribution in [3.63, 3.8) is 0 Å². The smallest absolute Gasteiger partial charge is 0.265 e. The maximum absolute atomic E-state index is 11.6. The predicted octanol–water partition coefficient (Wildman–Crippen LogP) is 2.05. The van der Waals surface area contributed by atoms with Gasteiger partial charge in [0.25, 0.3) is 5.91 Å². The van der Waals surface area contributed by atoms with Crippen molar-refractivity contribution in [3.8, 4) is 0 Å². The molecule has 1 atom stereocenters. The van der Waals surface area contributed by atoms with Crippen molar-refractivity contribution in [1.29, 1.82) is 0 Å². The molecule has 1 rings (SSSR count). The number of hydrogen-bond donors (Lipinski definition) is 2. The average molecular weight is 216 g/mol. The predicted molar refractivity (Wildman–Crippen MR) is 65.8 cm³/mol. The molecule has 1 aromatic carbocycles. The van der Waals surface area contributed by atoms with E-state index in [1.54, 1.807) is 24.3 Å². The second-order valence-corrected chi connectivity index (χ2v) is 3.33. The standard InChI is InChI=1S/C13H16N2O/c1-3-8-12(4-2)14-15-13(16)11-9-6-5-7-10-11/h3-7,9-10,12,14H,1-2,8H2,(H,15,16). The molecule has 0 bridgehead atoms. The molecule has 0 saturated heterocycles. The Kier molecular flexibility index (Phi) is 5.02. The van der Waals surface area contributed by atoms with E-state index in [0.717, 1.165) is 6.42 Å². The van der Waals surface area contributed by atoms with Crippen LogP contribution in [0.2, 0.25) is 0 Å². The van der Waals surface area contributed by atoms with E-state index in [9.17, 15) is 4.79 Å². The Labute approximate surface area is 95.8 Å². The number of hydrazine groups is 1. The Hall–Kier alpha value is -1.87. The van der Waals surface area contributed by atoms with Crippen LogP contribution in [0, 0.1) is 0 Å². The third kappa shape index (κ3) is 3.71. The maximum Gasteiger partial charge on any atom is 0.265 e. The van der Waals surface area contributed by atoms with Crippen LogP contribution in [0.15, 0.2) is 55.6 Å². The lowest BCUT2D eigenvalue weighted by molar-refractivity contribution is 0.0929. The molecule has 1 amide bonds. The molecule has 0 radical (unpaired) electrons. The highest BCUT2D eigenvalue weighted by molar-refractivity contribution is 5.93. The lowest BCUT2D eigenvalue weighted by Crippen LogP contribution is -2.43. The quantitative estimate of drug-likeness (QED) is 0.564. The molecule has 16 heavy (non-hydrogen) atoms. The van der Waals surface area contributed by atoms with Gasteiger partial charge in [0, 0.05) is 11.6 Å². The van der Waals surface area contributed by atoms with E-state index in [1.165, 1.54) is 0 Å². The summed E-state index contributed by atoms with van der Waals surface area (Å²) >= 11 is 0. The van der Waals surface area contributed by atoms with Crippen molar-refractivity contribution in [2.45, 2.75) is 12.5 Å². The van der Waals surface area contributed by atoms with E-state index in [0.29, 0.717) is 5.56 Å². The molecule has 0 aliphatic carbocycles. The van der Waals surface area contributed by atoms with Gasteiger partial charge in [0.15, 0.2) is 0 Å². The van der Waals surface area contributed by atoms with Crippen LogP contribution in [0.1, 0.15) is 16.8 Å². The van der Waals surface area contributed by atoms with E-state index in [2.05, 4.69) is 24.0 Å². The number of rotatable bonds is 6. The highest BCUT2D eigenvalue weighted by atomic mass is 16.2. The SMILES string of the molecule is C=CCC(C=C)NNC(=O)c1ccccc1. The Morgan fingerprint density at radius 2 is 2.00 bits per heavy atom. The summed E-state index contributed by atoms with van der Waals surface area (Å²) in [6.07, 6.45) is 4.22. The molecule has 0 spiro atoms. The third-order valence-corrected chi connectivity index (χ3v) is 2.11. The molecular formula is C13H16N2O. The van der Waals surface area contributed by atoms with Crippen LogP contribution >= 0.6 is 0 Å². The van der Waals surface area contributed by atoms with Crippen molar-refractivity contribution >= 4 is 5.91 Å². The molecule has 0 heterocycles. The topological polar surface area (TPSA) is 41.1 Å². The summed E-state index contributed by atoms with van der Waals surface area (Å²) in [5, 5.41) is 0. The zero-order chi connectivity index (χ0) is 11.8. The number of benzene rings is 1. The first kappa shape index (κ1) is 12.2. The molecule has 1 unspecified atom stereocenters. The first-order chi connectivity index (χ1) is 7.77. The normalized spacial score (nSPS) is 11.5. The molecule has 0 fully saturated rings. The van der Waals surface area contributed by atoms with E-state index in [-0.39, 0.29) is 11.9 Å². The summed E-state index contributed by atoms with van der Waals surface area (Å²) in [7, 11) is 0. The molecule has 84 valence electrons. The Morgan fingerprint density at radius 1 is 1.31 bits per heavy atom. The van der Waals surface area contributed by atoms with Crippen LogP contribution in [0.25, 0.3) is 0 Å². The van der Waals surface area contributed by atoms with E-state index < -0.39 is 0 Å². The monoisotopic (exact) mass is 216 g/mol. The summed E-state index contributed by atoms with van der Waals surface area (Å²) in [6.45, 7) is 7.30. The molecule has 1 aromatic rings. The third-order valence-electron chi connectivity index (χ3n) is 2.11. The lowest BCUT2D eigenvalue weighted by Gasteiger charge is -2.13. The number of carbonyl (C=O) groups is 1. The van der Waals surface area contributed by atoms with Crippen molar-refractivity contribution in [3.05, 3.63) is 61.2 Å². The van der Waals surface area contributed by atoms with Crippen LogP contribution in [-0.2, 0) is 0 Å². The zero-order valence-electron chi connectivity index (χ0n) is 9.15. The van der Waals surface area contributed by atoms with Gasteiger partial charge >= 0.3 is 0 Å². The second-order valence-electron chi connectivity index (χ2n) is 3.33. The highest BCUT2D eigenvalue weighted by Gasteiger charge is 2.05. The van der Waals surface area contributed by atoms with Gasteiger partial charge in [0.2, 0.25) is 0 Å². The van der Waals surface area contributed by atoms with Crippen LogP contribution < -0.4 is 10.9 Å². The van der Waals surface area contributed by atoms with Gasteiger partial charge in [0.05, 0.1) is 0 Å². The van der Waals surface area contributed by atoms with Crippen LogP contribution in [0.4, 0.5) is 0 Å². The molecule has 3 heteroatoms. The second kappa shape index (κ2) is 6.58. The fourth-order valence-electron chi connectivity index (χ4n) is 1.21. The molecule has 0 saturated carbocycles. The van der Waals surface area contributed by atoms with Gasteiger partial charge < -0.3 is 0 Å². The number of carbonyl (C=O) groups excluding carboxylic acids is 1. The molecule has 2 N–H and O–H groups in total. The van der Waals surface area contributed by atoms with Gasteiger partial charge in [-0.25, -0.2) is 5.43 Å². The number of hydrogen-bond acceptors (Lipinski definition) is 2. The Bertz CT molecular complexity index is 359. The maximum atomic E-state index is 11.6. The lowest BCUT2D eigenvalue weighted by atomic mass is 10.2. The molecule has 0 aliphatic heterocycles. The minimum atomic E-state index is -0.156. The molecule has 0 aliphatic rings. The van der Waals surface area contributed by atoms with Crippen LogP contribution in [0.5, 0.6) is 0 Å². The summed E-state index contributed by atoms with van der Waals surface area (Å²) in [5.41, 5.74) is 6.13. The van der Waals surface area contributed by atoms with Gasteiger partial charge in [-0.15, -0.1) is 13.2 Å². The summed E-state index contributed by atoms with van der Waals surface area (Å²) in [4.78, 5) is 11.6. The van der Waals surface area contributed by atoms with Crippen LogP contribution in [0.3, 0.4) is 0 Å². The van der Waals surface area contributed by atoms with Gasteiger partial charge in [-0.3, -0.25) is 10.2 Å². The zero-order valence-corrected chi connectivity index (χ0v) is 9.15. The Morgan fingerprint density at radius 3 is 2.56 bits per heavy atom. The Balaban J connectivity index is 2.46. The van der Waals surface area contributed by atoms with Gasteiger partial charge in [-0.05, 0) is 18.6 Å². The summed E-state index contributed by atoms with van der Waals surface area (Å²) in [6, 6.07) is 9.04. The number of nitrogens with one attached hydrogen (secondary N) is 2. The van der Waals surface area contributed by atoms with Crippen molar-refractivity contribution < 1.29 is 4.79 Å². The van der Waals surface area contributed by atoms with E-state index in [4.69, 9.17) is 0 Å². The first-order valence-electron chi connectivity index (χ1n) is 5.12. The fourth-order valence-corrected chi connectivity index (χ4v) is 1.21. The highest BCUT2D eigenvalue weighted by Crippen LogP contribution is 1.98. The summed E-state index contributed by atoms with van der Waals surface area (Å²) in [5.74, 6) is -0.156. The van der Waals surface area contributed by atoms with Crippen LogP contribution in [-0.4, -0.2) is 11.9 Å². The molecule has 3 nitrogen and oxygen atoms in total. The van der Waals surface area contributed by atoms with Crippen molar-refractivity contribution in [2.24, 2.45) is 0 Å². The molecular weight excluding hydrogens is 200 g/mol.